The zero-order chi connectivity index (χ0) is 20.9. The third-order valence-electron chi connectivity index (χ3n) is 4.73. The first kappa shape index (κ1) is 20.1. The van der Waals surface area contributed by atoms with Gasteiger partial charge in [-0.2, -0.15) is 0 Å². The minimum atomic E-state index is -0.101. The van der Waals surface area contributed by atoms with Crippen LogP contribution in [-0.2, 0) is 6.54 Å². The normalized spacial score (nSPS) is 11.2. The fourth-order valence-corrected chi connectivity index (χ4v) is 4.18. The van der Waals surface area contributed by atoms with Crippen molar-refractivity contribution in [2.24, 2.45) is 0 Å². The molecule has 0 aliphatic rings. The number of methoxy groups -OCH3 is 1. The van der Waals surface area contributed by atoms with Crippen LogP contribution in [0.15, 0.2) is 65.5 Å². The van der Waals surface area contributed by atoms with Crippen molar-refractivity contribution in [3.63, 3.8) is 0 Å². The number of aromatic amines is 1. The van der Waals surface area contributed by atoms with Gasteiger partial charge in [-0.05, 0) is 42.9 Å². The lowest BCUT2D eigenvalue weighted by molar-refractivity contribution is 0.229. The molecule has 154 valence electrons. The Morgan fingerprint density at radius 3 is 2.53 bits per heavy atom. The maximum atomic E-state index is 12.5. The Morgan fingerprint density at radius 2 is 1.80 bits per heavy atom. The van der Waals surface area contributed by atoms with E-state index in [0.29, 0.717) is 30.9 Å². The molecule has 0 saturated carbocycles. The van der Waals surface area contributed by atoms with Crippen molar-refractivity contribution < 1.29 is 9.47 Å². The Bertz CT molecular complexity index is 1170. The fourth-order valence-electron chi connectivity index (χ4n) is 3.12. The van der Waals surface area contributed by atoms with Gasteiger partial charge in [-0.25, -0.2) is 4.98 Å². The maximum absolute atomic E-state index is 12.5. The summed E-state index contributed by atoms with van der Waals surface area (Å²) in [5.41, 5.74) is 0.991. The lowest BCUT2D eigenvalue weighted by atomic mass is 10.2. The van der Waals surface area contributed by atoms with E-state index in [2.05, 4.69) is 14.9 Å². The van der Waals surface area contributed by atoms with Crippen molar-refractivity contribution in [2.45, 2.75) is 6.54 Å². The molecule has 0 saturated heterocycles. The van der Waals surface area contributed by atoms with Crippen LogP contribution in [-0.4, -0.2) is 42.2 Å². The van der Waals surface area contributed by atoms with E-state index < -0.39 is 0 Å². The van der Waals surface area contributed by atoms with Gasteiger partial charge in [-0.3, -0.25) is 9.69 Å². The molecule has 0 bridgehead atoms. The Labute approximate surface area is 178 Å². The lowest BCUT2D eigenvalue weighted by Gasteiger charge is -2.16. The first-order valence-corrected chi connectivity index (χ1v) is 10.5. The summed E-state index contributed by atoms with van der Waals surface area (Å²) in [6.45, 7) is 1.77. The highest BCUT2D eigenvalue weighted by Crippen LogP contribution is 2.30. The summed E-state index contributed by atoms with van der Waals surface area (Å²) in [7, 11) is 3.62. The number of hydrogen-bond donors (Lipinski definition) is 1. The highest BCUT2D eigenvalue weighted by Gasteiger charge is 2.11. The number of nitrogens with zero attached hydrogens (tertiary/aromatic N) is 2. The van der Waals surface area contributed by atoms with Crippen LogP contribution in [0.4, 0.5) is 0 Å². The lowest BCUT2D eigenvalue weighted by Crippen LogP contribution is -2.26. The van der Waals surface area contributed by atoms with Crippen LogP contribution in [0.25, 0.3) is 20.7 Å². The molecule has 2 aromatic heterocycles. The van der Waals surface area contributed by atoms with E-state index in [1.165, 1.54) is 11.3 Å². The quantitative estimate of drug-likeness (QED) is 0.462. The van der Waals surface area contributed by atoms with Crippen LogP contribution in [0.2, 0.25) is 0 Å². The second-order valence-electron chi connectivity index (χ2n) is 6.97. The predicted molar refractivity (Wildman–Crippen MR) is 120 cm³/mol. The van der Waals surface area contributed by atoms with E-state index in [0.717, 1.165) is 26.8 Å². The maximum Gasteiger partial charge on any atom is 0.259 e. The molecule has 6 nitrogen and oxygen atoms in total. The molecule has 0 radical (unpaired) electrons. The molecule has 2 heterocycles. The number of H-pyrrole nitrogens is 1. The average molecular weight is 422 g/mol. The summed E-state index contributed by atoms with van der Waals surface area (Å²) >= 11 is 1.54. The second-order valence-corrected chi connectivity index (χ2v) is 8.00. The topological polar surface area (TPSA) is 67.5 Å². The molecule has 1 N–H and O–H groups in total. The molecule has 0 unspecified atom stereocenters. The molecule has 2 aromatic carbocycles. The number of likely N-dealkylation sites (N-methyl/N-ethyl adjacent to an activating group) is 1. The van der Waals surface area contributed by atoms with Crippen molar-refractivity contribution in [1.82, 2.24) is 14.9 Å². The third-order valence-corrected chi connectivity index (χ3v) is 5.81. The Kier molecular flexibility index (Phi) is 6.11. The van der Waals surface area contributed by atoms with Crippen molar-refractivity contribution in [3.8, 4) is 21.9 Å². The third kappa shape index (κ3) is 4.69. The highest BCUT2D eigenvalue weighted by atomic mass is 32.1. The van der Waals surface area contributed by atoms with Gasteiger partial charge in [0.2, 0.25) is 0 Å². The standard InChI is InChI=1S/C23H23N3O3S/c1-26(12-13-29-18-10-8-17(28-2)9-11-18)15-21-24-22(27)19-14-20(30-23(19)25-21)16-6-4-3-5-7-16/h3-11,14H,12-13,15H2,1-2H3,(H,24,25,27). The average Bonchev–Trinajstić information content (AvgIpc) is 3.20. The predicted octanol–water partition coefficient (Wildman–Crippen LogP) is 4.17. The SMILES string of the molecule is COc1ccc(OCCN(C)Cc2nc3sc(-c4ccccc4)cc3c(=O)[nH]2)cc1. The molecule has 7 heteroatoms. The zero-order valence-electron chi connectivity index (χ0n) is 16.9. The molecule has 0 atom stereocenters. The molecule has 4 rings (SSSR count). The molecule has 0 fully saturated rings. The highest BCUT2D eigenvalue weighted by molar-refractivity contribution is 7.21. The van der Waals surface area contributed by atoms with E-state index >= 15 is 0 Å². The summed E-state index contributed by atoms with van der Waals surface area (Å²) in [5, 5.41) is 0.632. The van der Waals surface area contributed by atoms with Crippen LogP contribution >= 0.6 is 11.3 Å². The minimum Gasteiger partial charge on any atom is -0.497 e. The number of hydrogen-bond acceptors (Lipinski definition) is 6. The first-order chi connectivity index (χ1) is 14.6. The van der Waals surface area contributed by atoms with E-state index in [1.54, 1.807) is 7.11 Å². The van der Waals surface area contributed by atoms with Gasteiger partial charge in [0.05, 0.1) is 19.0 Å². The van der Waals surface area contributed by atoms with Crippen molar-refractivity contribution in [1.29, 1.82) is 0 Å². The smallest absolute Gasteiger partial charge is 0.259 e. The number of nitrogens with one attached hydrogen (secondary N) is 1. The summed E-state index contributed by atoms with van der Waals surface area (Å²) in [6.07, 6.45) is 0. The molecular weight excluding hydrogens is 398 g/mol. The van der Waals surface area contributed by atoms with Crippen LogP contribution in [0, 0.1) is 0 Å². The van der Waals surface area contributed by atoms with Crippen LogP contribution in [0.3, 0.4) is 0 Å². The largest absolute Gasteiger partial charge is 0.497 e. The van der Waals surface area contributed by atoms with Gasteiger partial charge >= 0.3 is 0 Å². The molecule has 0 amide bonds. The first-order valence-electron chi connectivity index (χ1n) is 9.66. The summed E-state index contributed by atoms with van der Waals surface area (Å²) in [4.78, 5) is 24.0. The van der Waals surface area contributed by atoms with E-state index in [9.17, 15) is 4.79 Å². The number of benzene rings is 2. The van der Waals surface area contributed by atoms with Crippen LogP contribution in [0.1, 0.15) is 5.82 Å². The number of fused-ring (bicyclic) bond motifs is 1. The Balaban J connectivity index is 1.39. The Hall–Kier alpha value is -3.16. The molecule has 30 heavy (non-hydrogen) atoms. The monoisotopic (exact) mass is 421 g/mol. The van der Waals surface area contributed by atoms with Gasteiger partial charge in [-0.15, -0.1) is 11.3 Å². The summed E-state index contributed by atoms with van der Waals surface area (Å²) in [6, 6.07) is 19.5. The molecule has 0 aliphatic heterocycles. The molecule has 4 aromatic rings. The number of aromatic nitrogens is 2. The van der Waals surface area contributed by atoms with Crippen molar-refractivity contribution in [3.05, 3.63) is 76.8 Å². The summed E-state index contributed by atoms with van der Waals surface area (Å²) < 4.78 is 10.9. The molecule has 0 spiro atoms. The summed E-state index contributed by atoms with van der Waals surface area (Å²) in [5.74, 6) is 2.25. The molecular formula is C23H23N3O3S. The van der Waals surface area contributed by atoms with Gasteiger partial charge < -0.3 is 14.5 Å². The van der Waals surface area contributed by atoms with Gasteiger partial charge in [0.15, 0.2) is 0 Å². The van der Waals surface area contributed by atoms with Gasteiger partial charge in [0.1, 0.15) is 28.8 Å². The van der Waals surface area contributed by atoms with Gasteiger partial charge in [0.25, 0.3) is 5.56 Å². The molecule has 0 aliphatic carbocycles. The zero-order valence-corrected chi connectivity index (χ0v) is 17.7. The van der Waals surface area contributed by atoms with E-state index in [-0.39, 0.29) is 5.56 Å². The fraction of sp³-hybridized carbons (Fsp3) is 0.217. The van der Waals surface area contributed by atoms with Crippen LogP contribution < -0.4 is 15.0 Å². The van der Waals surface area contributed by atoms with E-state index in [4.69, 9.17) is 9.47 Å². The number of ether oxygens (including phenoxy) is 2. The van der Waals surface area contributed by atoms with Crippen molar-refractivity contribution >= 4 is 21.6 Å². The Morgan fingerprint density at radius 1 is 1.07 bits per heavy atom. The van der Waals surface area contributed by atoms with E-state index in [1.807, 2.05) is 67.7 Å². The van der Waals surface area contributed by atoms with Crippen LogP contribution in [0.5, 0.6) is 11.5 Å². The van der Waals surface area contributed by atoms with Crippen molar-refractivity contribution in [2.75, 3.05) is 27.3 Å². The second kappa shape index (κ2) is 9.11. The number of rotatable bonds is 8. The minimum absolute atomic E-state index is 0.101. The van der Waals surface area contributed by atoms with Gasteiger partial charge in [-0.1, -0.05) is 30.3 Å². The van der Waals surface area contributed by atoms with Gasteiger partial charge in [0, 0.05) is 11.4 Å². The number of thiophene rings is 1.